The van der Waals surface area contributed by atoms with Crippen LogP contribution in [0.4, 0.5) is 0 Å². The molecule has 0 aromatic rings. The third kappa shape index (κ3) is 13.6. The zero-order valence-electron chi connectivity index (χ0n) is 15.9. The predicted octanol–water partition coefficient (Wildman–Crippen LogP) is 6.81. The van der Waals surface area contributed by atoms with E-state index in [2.05, 4.69) is 67.9 Å². The van der Waals surface area contributed by atoms with E-state index in [1.54, 1.807) is 0 Å². The Bertz CT molecular complexity index is 498. The van der Waals surface area contributed by atoms with Crippen molar-refractivity contribution in [3.63, 3.8) is 0 Å². The van der Waals surface area contributed by atoms with Crippen molar-refractivity contribution in [3.05, 3.63) is 84.7 Å². The van der Waals surface area contributed by atoms with Crippen LogP contribution in [0.1, 0.15) is 52.9 Å². The first-order chi connectivity index (χ1) is 11.6. The van der Waals surface area contributed by atoms with Gasteiger partial charge in [0.15, 0.2) is 0 Å². The van der Waals surface area contributed by atoms with E-state index in [1.165, 1.54) is 24.0 Å². The molecule has 0 bridgehead atoms. The topological polar surface area (TPSA) is 12.0 Å². The van der Waals surface area contributed by atoms with E-state index in [4.69, 9.17) is 0 Å². The quantitative estimate of drug-likeness (QED) is 0.290. The van der Waals surface area contributed by atoms with Crippen LogP contribution in [0.3, 0.4) is 0 Å². The molecule has 0 aromatic heterocycles. The van der Waals surface area contributed by atoms with E-state index in [0.717, 1.165) is 31.4 Å². The molecule has 1 N–H and O–H groups in total. The lowest BCUT2D eigenvalue weighted by Crippen LogP contribution is -2.09. The summed E-state index contributed by atoms with van der Waals surface area (Å²) in [7, 11) is 0. The van der Waals surface area contributed by atoms with Crippen LogP contribution in [0.2, 0.25) is 0 Å². The Balaban J connectivity index is 4.34. The minimum absolute atomic E-state index is 0.795. The lowest BCUT2D eigenvalue weighted by molar-refractivity contribution is 0.906. The molecule has 24 heavy (non-hydrogen) atoms. The van der Waals surface area contributed by atoms with Gasteiger partial charge in [-0.05, 0) is 56.9 Å². The van der Waals surface area contributed by atoms with Crippen molar-refractivity contribution in [2.75, 3.05) is 6.54 Å². The fraction of sp³-hybridized carbons (Fsp3) is 0.391. The second-order valence-corrected chi connectivity index (χ2v) is 5.90. The average Bonchev–Trinajstić information content (AvgIpc) is 2.58. The van der Waals surface area contributed by atoms with Crippen LogP contribution in [0.15, 0.2) is 84.7 Å². The van der Waals surface area contributed by atoms with Gasteiger partial charge in [0, 0.05) is 6.54 Å². The maximum atomic E-state index is 4.12. The number of allylic oxidation sites excluding steroid dienone is 10. The van der Waals surface area contributed by atoms with Crippen LogP contribution < -0.4 is 5.32 Å². The van der Waals surface area contributed by atoms with Gasteiger partial charge in [0.05, 0.1) is 0 Å². The second-order valence-electron chi connectivity index (χ2n) is 5.90. The summed E-state index contributed by atoms with van der Waals surface area (Å²) < 4.78 is 0. The van der Waals surface area contributed by atoms with Gasteiger partial charge in [0.2, 0.25) is 0 Å². The van der Waals surface area contributed by atoms with Crippen molar-refractivity contribution in [1.82, 2.24) is 5.32 Å². The number of unbranched alkanes of at least 4 members (excludes halogenated alkanes) is 1. The van der Waals surface area contributed by atoms with E-state index in [1.807, 2.05) is 26.1 Å². The molecule has 1 nitrogen and oxygen atoms in total. The van der Waals surface area contributed by atoms with Gasteiger partial charge in [-0.25, -0.2) is 0 Å². The van der Waals surface area contributed by atoms with Crippen LogP contribution in [0, 0.1) is 0 Å². The van der Waals surface area contributed by atoms with E-state index in [0.29, 0.717) is 0 Å². The van der Waals surface area contributed by atoms with E-state index in [9.17, 15) is 0 Å². The highest BCUT2D eigenvalue weighted by Gasteiger charge is 1.93. The van der Waals surface area contributed by atoms with Gasteiger partial charge in [0.25, 0.3) is 0 Å². The first kappa shape index (κ1) is 22.0. The Morgan fingerprint density at radius 3 is 2.54 bits per heavy atom. The molecule has 0 unspecified atom stereocenters. The Morgan fingerprint density at radius 2 is 1.88 bits per heavy atom. The largest absolute Gasteiger partial charge is 0.387 e. The lowest BCUT2D eigenvalue weighted by atomic mass is 10.1. The van der Waals surface area contributed by atoms with Crippen LogP contribution in [0.25, 0.3) is 0 Å². The zero-order chi connectivity index (χ0) is 18.0. The third-order valence-corrected chi connectivity index (χ3v) is 3.47. The summed E-state index contributed by atoms with van der Waals surface area (Å²) in [5.74, 6) is 0. The normalized spacial score (nSPS) is 13.3. The predicted molar refractivity (Wildman–Crippen MR) is 111 cm³/mol. The molecule has 0 saturated heterocycles. The van der Waals surface area contributed by atoms with Gasteiger partial charge >= 0.3 is 0 Å². The van der Waals surface area contributed by atoms with Crippen LogP contribution >= 0.6 is 0 Å². The van der Waals surface area contributed by atoms with Crippen molar-refractivity contribution < 1.29 is 0 Å². The minimum Gasteiger partial charge on any atom is -0.387 e. The van der Waals surface area contributed by atoms with Gasteiger partial charge in [-0.1, -0.05) is 80.7 Å². The monoisotopic (exact) mass is 325 g/mol. The molecule has 0 aliphatic heterocycles. The summed E-state index contributed by atoms with van der Waals surface area (Å²) in [6.45, 7) is 14.9. The number of hydrogen-bond acceptors (Lipinski definition) is 1. The van der Waals surface area contributed by atoms with Crippen molar-refractivity contribution in [1.29, 1.82) is 0 Å². The molecule has 0 rings (SSSR count). The highest BCUT2D eigenvalue weighted by molar-refractivity contribution is 5.25. The Morgan fingerprint density at radius 1 is 1.12 bits per heavy atom. The summed E-state index contributed by atoms with van der Waals surface area (Å²) in [6, 6.07) is 0. The van der Waals surface area contributed by atoms with Gasteiger partial charge in [-0.2, -0.15) is 0 Å². The molecule has 0 aliphatic rings. The summed E-state index contributed by atoms with van der Waals surface area (Å²) >= 11 is 0. The third-order valence-electron chi connectivity index (χ3n) is 3.47. The van der Waals surface area contributed by atoms with Crippen molar-refractivity contribution in [2.45, 2.75) is 52.9 Å². The van der Waals surface area contributed by atoms with Gasteiger partial charge in [0.1, 0.15) is 0 Å². The van der Waals surface area contributed by atoms with Gasteiger partial charge < -0.3 is 5.32 Å². The van der Waals surface area contributed by atoms with Crippen LogP contribution in [-0.2, 0) is 0 Å². The zero-order valence-corrected chi connectivity index (χ0v) is 15.9. The molecular weight excluding hydrogens is 290 g/mol. The second kappa shape index (κ2) is 15.9. The van der Waals surface area contributed by atoms with E-state index < -0.39 is 0 Å². The summed E-state index contributed by atoms with van der Waals surface area (Å²) in [4.78, 5) is 0. The van der Waals surface area contributed by atoms with Crippen LogP contribution in [-0.4, -0.2) is 6.54 Å². The van der Waals surface area contributed by atoms with Crippen molar-refractivity contribution in [2.24, 2.45) is 0 Å². The van der Waals surface area contributed by atoms with Crippen LogP contribution in [0.5, 0.6) is 0 Å². The maximum Gasteiger partial charge on any atom is 0.0355 e. The smallest absolute Gasteiger partial charge is 0.0355 e. The SMILES string of the molecule is C=C/C(C)=C\NCC(=C)C\C=C/C(=C/C=C\C)CC/C=C\CCC. The molecular formula is C23H35N. The number of rotatable bonds is 13. The van der Waals surface area contributed by atoms with Crippen molar-refractivity contribution >= 4 is 0 Å². The number of hydrogen-bond donors (Lipinski definition) is 1. The molecule has 0 aromatic carbocycles. The minimum atomic E-state index is 0.795. The molecule has 0 aliphatic carbocycles. The first-order valence-corrected chi connectivity index (χ1v) is 8.96. The highest BCUT2D eigenvalue weighted by atomic mass is 14.8. The lowest BCUT2D eigenvalue weighted by Gasteiger charge is -2.04. The molecule has 0 saturated carbocycles. The molecule has 0 atom stereocenters. The first-order valence-electron chi connectivity index (χ1n) is 8.96. The maximum absolute atomic E-state index is 4.12. The molecule has 0 radical (unpaired) electrons. The van der Waals surface area contributed by atoms with Gasteiger partial charge in [-0.3, -0.25) is 0 Å². The summed E-state index contributed by atoms with van der Waals surface area (Å²) in [5, 5.41) is 3.26. The average molecular weight is 326 g/mol. The molecule has 1 heteroatoms. The highest BCUT2D eigenvalue weighted by Crippen LogP contribution is 2.10. The number of nitrogens with one attached hydrogen (secondary N) is 1. The fourth-order valence-electron chi connectivity index (χ4n) is 1.96. The molecule has 0 heterocycles. The Hall–Kier alpha value is -2.02. The summed E-state index contributed by atoms with van der Waals surface area (Å²) in [6.07, 6.45) is 24.6. The molecule has 0 fully saturated rings. The molecule has 0 amide bonds. The summed E-state index contributed by atoms with van der Waals surface area (Å²) in [5.41, 5.74) is 3.66. The molecule has 132 valence electrons. The Labute approximate surface area is 149 Å². The van der Waals surface area contributed by atoms with Gasteiger partial charge in [-0.15, -0.1) is 0 Å². The van der Waals surface area contributed by atoms with E-state index in [-0.39, 0.29) is 0 Å². The fourth-order valence-corrected chi connectivity index (χ4v) is 1.96. The Kier molecular flexibility index (Phi) is 14.5. The van der Waals surface area contributed by atoms with Crippen molar-refractivity contribution in [3.8, 4) is 0 Å². The standard InChI is InChI=1S/C23H35N/c1-6-9-11-12-13-17-23(16-10-7-2)18-14-15-22(5)20-24-19-21(4)8-3/h7-8,10-12,14,16,18-19,24H,3,5-6,9,13,15,17,20H2,1-2,4H3/b10-7-,12-11-,18-14-,21-19-,23-16+. The van der Waals surface area contributed by atoms with E-state index >= 15 is 0 Å². The molecule has 0 spiro atoms.